The molecule has 0 unspecified atom stereocenters. The normalized spacial score (nSPS) is 16.0. The first-order valence-electron chi connectivity index (χ1n) is 7.95. The summed E-state index contributed by atoms with van der Waals surface area (Å²) >= 11 is 0. The van der Waals surface area contributed by atoms with Gasteiger partial charge in [0.2, 0.25) is 0 Å². The number of amides is 2. The van der Waals surface area contributed by atoms with Gasteiger partial charge in [0.15, 0.2) is 0 Å². The van der Waals surface area contributed by atoms with Crippen LogP contribution < -0.4 is 5.32 Å². The molecule has 120 valence electrons. The number of pyridine rings is 1. The maximum absolute atomic E-state index is 12.6. The SMILES string of the molecule is CC(C)(C)NC(=O)c1cc(C(=O)N2CCCCCC2)ccn1. The van der Waals surface area contributed by atoms with Crippen LogP contribution in [0, 0.1) is 0 Å². The number of nitrogens with one attached hydrogen (secondary N) is 1. The lowest BCUT2D eigenvalue weighted by molar-refractivity contribution is 0.0761. The summed E-state index contributed by atoms with van der Waals surface area (Å²) in [5, 5.41) is 2.86. The molecule has 1 N–H and O–H groups in total. The summed E-state index contributed by atoms with van der Waals surface area (Å²) in [6, 6.07) is 3.27. The van der Waals surface area contributed by atoms with Crippen molar-refractivity contribution in [2.45, 2.75) is 52.0 Å². The Balaban J connectivity index is 2.13. The molecular weight excluding hydrogens is 278 g/mol. The molecule has 2 rings (SSSR count). The molecule has 5 nitrogen and oxygen atoms in total. The van der Waals surface area contributed by atoms with Crippen molar-refractivity contribution in [3.8, 4) is 0 Å². The van der Waals surface area contributed by atoms with Crippen molar-refractivity contribution in [1.82, 2.24) is 15.2 Å². The summed E-state index contributed by atoms with van der Waals surface area (Å²) in [5.74, 6) is -0.257. The molecular formula is C17H25N3O2. The summed E-state index contributed by atoms with van der Waals surface area (Å²) in [6.45, 7) is 7.33. The Morgan fingerprint density at radius 3 is 2.36 bits per heavy atom. The number of carbonyl (C=O) groups is 2. The molecule has 1 aliphatic rings. The van der Waals surface area contributed by atoms with Crippen molar-refractivity contribution in [1.29, 1.82) is 0 Å². The average molecular weight is 303 g/mol. The van der Waals surface area contributed by atoms with Crippen LogP contribution in [0.3, 0.4) is 0 Å². The molecule has 0 radical (unpaired) electrons. The van der Waals surface area contributed by atoms with Gasteiger partial charge in [0, 0.05) is 30.4 Å². The second-order valence-corrected chi connectivity index (χ2v) is 6.84. The van der Waals surface area contributed by atoms with Crippen LogP contribution in [0.2, 0.25) is 0 Å². The molecule has 1 aliphatic heterocycles. The van der Waals surface area contributed by atoms with Gasteiger partial charge < -0.3 is 10.2 Å². The highest BCUT2D eigenvalue weighted by Gasteiger charge is 2.20. The second kappa shape index (κ2) is 6.90. The van der Waals surface area contributed by atoms with E-state index >= 15 is 0 Å². The Morgan fingerprint density at radius 1 is 1.14 bits per heavy atom. The first kappa shape index (κ1) is 16.5. The van der Waals surface area contributed by atoms with Gasteiger partial charge in [-0.05, 0) is 45.7 Å². The minimum Gasteiger partial charge on any atom is -0.346 e. The highest BCUT2D eigenvalue weighted by atomic mass is 16.2. The first-order valence-corrected chi connectivity index (χ1v) is 7.95. The number of aromatic nitrogens is 1. The summed E-state index contributed by atoms with van der Waals surface area (Å²) in [7, 11) is 0. The number of carbonyl (C=O) groups excluding carboxylic acids is 2. The molecule has 1 aromatic rings. The Hall–Kier alpha value is -1.91. The minimum absolute atomic E-state index is 0.00545. The third-order valence-electron chi connectivity index (χ3n) is 3.62. The third-order valence-corrected chi connectivity index (χ3v) is 3.62. The molecule has 0 aliphatic carbocycles. The van der Waals surface area contributed by atoms with Crippen LogP contribution in [-0.2, 0) is 0 Å². The number of hydrogen-bond donors (Lipinski definition) is 1. The molecule has 0 saturated carbocycles. The predicted octanol–water partition coefficient (Wildman–Crippen LogP) is 2.63. The van der Waals surface area contributed by atoms with E-state index in [1.807, 2.05) is 25.7 Å². The average Bonchev–Trinajstić information content (AvgIpc) is 2.74. The van der Waals surface area contributed by atoms with Crippen LogP contribution in [0.15, 0.2) is 18.3 Å². The van der Waals surface area contributed by atoms with Gasteiger partial charge in [-0.15, -0.1) is 0 Å². The monoisotopic (exact) mass is 303 g/mol. The molecule has 0 atom stereocenters. The number of rotatable bonds is 2. The number of hydrogen-bond acceptors (Lipinski definition) is 3. The molecule has 0 aromatic carbocycles. The van der Waals surface area contributed by atoms with E-state index in [2.05, 4.69) is 10.3 Å². The highest BCUT2D eigenvalue weighted by Crippen LogP contribution is 2.14. The summed E-state index contributed by atoms with van der Waals surface area (Å²) in [5.41, 5.74) is 0.496. The van der Waals surface area contributed by atoms with Crippen LogP contribution in [0.1, 0.15) is 67.3 Å². The van der Waals surface area contributed by atoms with Gasteiger partial charge in [-0.3, -0.25) is 14.6 Å². The van der Waals surface area contributed by atoms with Crippen molar-refractivity contribution in [3.05, 3.63) is 29.6 Å². The fourth-order valence-corrected chi connectivity index (χ4v) is 2.55. The van der Waals surface area contributed by atoms with Gasteiger partial charge >= 0.3 is 0 Å². The lowest BCUT2D eigenvalue weighted by atomic mass is 10.1. The van der Waals surface area contributed by atoms with Crippen molar-refractivity contribution in [2.75, 3.05) is 13.1 Å². The fraction of sp³-hybridized carbons (Fsp3) is 0.588. The van der Waals surface area contributed by atoms with Crippen molar-refractivity contribution in [3.63, 3.8) is 0 Å². The summed E-state index contributed by atoms with van der Waals surface area (Å²) in [4.78, 5) is 30.7. The van der Waals surface area contributed by atoms with Gasteiger partial charge in [0.25, 0.3) is 11.8 Å². The minimum atomic E-state index is -0.330. The largest absolute Gasteiger partial charge is 0.346 e. The van der Waals surface area contributed by atoms with Gasteiger partial charge in [0.1, 0.15) is 5.69 Å². The van der Waals surface area contributed by atoms with E-state index in [4.69, 9.17) is 0 Å². The Labute approximate surface area is 132 Å². The van der Waals surface area contributed by atoms with Crippen LogP contribution in [-0.4, -0.2) is 40.3 Å². The molecule has 2 amide bonds. The van der Waals surface area contributed by atoms with Crippen molar-refractivity contribution < 1.29 is 9.59 Å². The Bertz CT molecular complexity index is 541. The van der Waals surface area contributed by atoms with Gasteiger partial charge in [-0.1, -0.05) is 12.8 Å². The molecule has 0 spiro atoms. The lowest BCUT2D eigenvalue weighted by Crippen LogP contribution is -2.41. The van der Waals surface area contributed by atoms with Crippen LogP contribution in [0.5, 0.6) is 0 Å². The number of likely N-dealkylation sites (tertiary alicyclic amines) is 1. The molecule has 1 aromatic heterocycles. The molecule has 0 bridgehead atoms. The Kier molecular flexibility index (Phi) is 5.16. The van der Waals surface area contributed by atoms with E-state index in [0.717, 1.165) is 25.9 Å². The third kappa shape index (κ3) is 4.55. The van der Waals surface area contributed by atoms with E-state index in [1.54, 1.807) is 12.1 Å². The summed E-state index contributed by atoms with van der Waals surface area (Å²) < 4.78 is 0. The van der Waals surface area contributed by atoms with Gasteiger partial charge in [-0.25, -0.2) is 0 Å². The molecule has 22 heavy (non-hydrogen) atoms. The molecule has 1 saturated heterocycles. The highest BCUT2D eigenvalue weighted by molar-refractivity contribution is 5.98. The fourth-order valence-electron chi connectivity index (χ4n) is 2.55. The van der Waals surface area contributed by atoms with Gasteiger partial charge in [0.05, 0.1) is 0 Å². The quantitative estimate of drug-likeness (QED) is 0.913. The van der Waals surface area contributed by atoms with Crippen LogP contribution >= 0.6 is 0 Å². The van der Waals surface area contributed by atoms with E-state index in [9.17, 15) is 9.59 Å². The van der Waals surface area contributed by atoms with E-state index < -0.39 is 0 Å². The molecule has 2 heterocycles. The van der Waals surface area contributed by atoms with Crippen LogP contribution in [0.25, 0.3) is 0 Å². The zero-order valence-corrected chi connectivity index (χ0v) is 13.7. The topological polar surface area (TPSA) is 62.3 Å². The lowest BCUT2D eigenvalue weighted by Gasteiger charge is -2.21. The summed E-state index contributed by atoms with van der Waals surface area (Å²) in [6.07, 6.45) is 5.99. The standard InChI is InChI=1S/C17H25N3O2/c1-17(2,3)19-15(21)14-12-13(8-9-18-14)16(22)20-10-6-4-5-7-11-20/h8-9,12H,4-7,10-11H2,1-3H3,(H,19,21). The van der Waals surface area contributed by atoms with E-state index in [1.165, 1.54) is 19.0 Å². The van der Waals surface area contributed by atoms with Crippen molar-refractivity contribution in [2.24, 2.45) is 0 Å². The maximum Gasteiger partial charge on any atom is 0.270 e. The zero-order valence-electron chi connectivity index (χ0n) is 13.7. The molecule has 1 fully saturated rings. The maximum atomic E-state index is 12.6. The van der Waals surface area contributed by atoms with E-state index in [0.29, 0.717) is 5.56 Å². The number of nitrogens with zero attached hydrogens (tertiary/aromatic N) is 2. The van der Waals surface area contributed by atoms with Gasteiger partial charge in [-0.2, -0.15) is 0 Å². The second-order valence-electron chi connectivity index (χ2n) is 6.84. The predicted molar refractivity (Wildman–Crippen MR) is 85.8 cm³/mol. The van der Waals surface area contributed by atoms with Crippen LogP contribution in [0.4, 0.5) is 0 Å². The first-order chi connectivity index (χ1) is 10.4. The Morgan fingerprint density at radius 2 is 1.77 bits per heavy atom. The van der Waals surface area contributed by atoms with Crippen molar-refractivity contribution >= 4 is 11.8 Å². The smallest absolute Gasteiger partial charge is 0.270 e. The molecule has 5 heteroatoms. The zero-order chi connectivity index (χ0) is 16.2. The van der Waals surface area contributed by atoms with E-state index in [-0.39, 0.29) is 23.0 Å².